The molecular weight excluding hydrogens is 344 g/mol. The molecule has 8 nitrogen and oxygen atoms in total. The lowest BCUT2D eigenvalue weighted by molar-refractivity contribution is 0.252. The monoisotopic (exact) mass is 362 g/mol. The van der Waals surface area contributed by atoms with Crippen molar-refractivity contribution in [1.29, 1.82) is 0 Å². The molecule has 0 saturated carbocycles. The van der Waals surface area contributed by atoms with Crippen molar-refractivity contribution in [2.45, 2.75) is 37.3 Å². The van der Waals surface area contributed by atoms with Gasteiger partial charge in [0, 0.05) is 6.42 Å². The van der Waals surface area contributed by atoms with E-state index in [1.165, 1.54) is 11.8 Å². The summed E-state index contributed by atoms with van der Waals surface area (Å²) in [5.41, 5.74) is 0. The van der Waals surface area contributed by atoms with E-state index in [4.69, 9.17) is 18.3 Å². The zero-order valence-electron chi connectivity index (χ0n) is 14.0. The highest BCUT2D eigenvalue weighted by molar-refractivity contribution is 7.98. The van der Waals surface area contributed by atoms with Crippen LogP contribution in [0.15, 0.2) is 38.3 Å². The first-order valence-electron chi connectivity index (χ1n) is 7.80. The third-order valence-corrected chi connectivity index (χ3v) is 3.96. The van der Waals surface area contributed by atoms with E-state index < -0.39 is 0 Å². The third kappa shape index (κ3) is 4.96. The van der Waals surface area contributed by atoms with Gasteiger partial charge in [0.1, 0.15) is 11.5 Å². The Morgan fingerprint density at radius 1 is 0.920 bits per heavy atom. The highest BCUT2D eigenvalue weighted by atomic mass is 32.2. The zero-order chi connectivity index (χ0) is 17.5. The molecule has 0 atom stereocenters. The maximum absolute atomic E-state index is 5.60. The van der Waals surface area contributed by atoms with Crippen LogP contribution < -0.4 is 9.47 Å². The average molecular weight is 362 g/mol. The van der Waals surface area contributed by atoms with Gasteiger partial charge in [-0.25, -0.2) is 0 Å². The first-order chi connectivity index (χ1) is 12.3. The average Bonchev–Trinajstić information content (AvgIpc) is 3.28. The first-order valence-corrected chi connectivity index (χ1v) is 8.78. The van der Waals surface area contributed by atoms with E-state index in [1.807, 2.05) is 24.3 Å². The van der Waals surface area contributed by atoms with Gasteiger partial charge in [0.25, 0.3) is 11.1 Å². The van der Waals surface area contributed by atoms with E-state index in [0.29, 0.717) is 34.4 Å². The number of thioether (sulfide) groups is 1. The van der Waals surface area contributed by atoms with E-state index in [0.717, 1.165) is 18.6 Å². The molecule has 3 aromatic rings. The zero-order valence-corrected chi connectivity index (χ0v) is 14.8. The van der Waals surface area contributed by atoms with Crippen molar-refractivity contribution >= 4 is 11.8 Å². The van der Waals surface area contributed by atoms with Crippen LogP contribution in [0.2, 0.25) is 0 Å². The van der Waals surface area contributed by atoms with Gasteiger partial charge in [0.15, 0.2) is 6.61 Å². The summed E-state index contributed by atoms with van der Waals surface area (Å²) in [5, 5.41) is 16.3. The van der Waals surface area contributed by atoms with E-state index in [2.05, 4.69) is 27.3 Å². The van der Waals surface area contributed by atoms with Crippen molar-refractivity contribution in [3.8, 4) is 11.5 Å². The lowest BCUT2D eigenvalue weighted by atomic mass is 10.3. The Hall–Kier alpha value is -2.55. The summed E-state index contributed by atoms with van der Waals surface area (Å²) in [7, 11) is 1.62. The van der Waals surface area contributed by atoms with Crippen LogP contribution in [0.25, 0.3) is 0 Å². The number of ether oxygens (including phenoxy) is 2. The molecule has 0 aliphatic heterocycles. The molecule has 0 unspecified atom stereocenters. The molecule has 0 bridgehead atoms. The Kier molecular flexibility index (Phi) is 5.89. The number of rotatable bonds is 9. The van der Waals surface area contributed by atoms with E-state index in [9.17, 15) is 0 Å². The fourth-order valence-corrected chi connectivity index (χ4v) is 2.57. The predicted octanol–water partition coefficient (Wildman–Crippen LogP) is 3.29. The normalized spacial score (nSPS) is 10.8. The number of aryl methyl sites for hydroxylation is 1. The Morgan fingerprint density at radius 2 is 1.64 bits per heavy atom. The molecule has 2 heterocycles. The van der Waals surface area contributed by atoms with Crippen LogP contribution >= 0.6 is 11.8 Å². The van der Waals surface area contributed by atoms with Crippen molar-refractivity contribution in [3.05, 3.63) is 41.9 Å². The summed E-state index contributed by atoms with van der Waals surface area (Å²) in [4.78, 5) is 0. The number of methoxy groups -OCH3 is 1. The summed E-state index contributed by atoms with van der Waals surface area (Å²) >= 11 is 1.34. The summed E-state index contributed by atoms with van der Waals surface area (Å²) in [6.07, 6.45) is 1.75. The summed E-state index contributed by atoms with van der Waals surface area (Å²) < 4.78 is 21.7. The van der Waals surface area contributed by atoms with Crippen molar-refractivity contribution in [2.75, 3.05) is 7.11 Å². The van der Waals surface area contributed by atoms with Crippen molar-refractivity contribution < 1.29 is 18.3 Å². The number of benzene rings is 1. The molecule has 0 aliphatic rings. The van der Waals surface area contributed by atoms with Gasteiger partial charge in [-0.05, 0) is 30.7 Å². The highest BCUT2D eigenvalue weighted by Gasteiger charge is 2.11. The Bertz CT molecular complexity index is 788. The van der Waals surface area contributed by atoms with E-state index in [-0.39, 0.29) is 6.61 Å². The number of hydrogen-bond acceptors (Lipinski definition) is 9. The largest absolute Gasteiger partial charge is 0.497 e. The minimum Gasteiger partial charge on any atom is -0.497 e. The minimum absolute atomic E-state index is 0.196. The fraction of sp³-hybridized carbons (Fsp3) is 0.375. The van der Waals surface area contributed by atoms with Crippen LogP contribution in [0.1, 0.15) is 31.0 Å². The maximum atomic E-state index is 5.60. The molecular formula is C16H18N4O4S. The highest BCUT2D eigenvalue weighted by Crippen LogP contribution is 2.22. The van der Waals surface area contributed by atoms with Gasteiger partial charge in [-0.2, -0.15) is 0 Å². The van der Waals surface area contributed by atoms with Gasteiger partial charge in [-0.1, -0.05) is 18.7 Å². The van der Waals surface area contributed by atoms with Gasteiger partial charge in [-0.3, -0.25) is 0 Å². The molecule has 132 valence electrons. The molecule has 0 amide bonds. The Morgan fingerprint density at radius 3 is 2.40 bits per heavy atom. The van der Waals surface area contributed by atoms with Crippen LogP contribution in [0.5, 0.6) is 11.5 Å². The van der Waals surface area contributed by atoms with Gasteiger partial charge in [0.05, 0.1) is 12.9 Å². The van der Waals surface area contributed by atoms with Gasteiger partial charge in [-0.15, -0.1) is 20.4 Å². The summed E-state index contributed by atoms with van der Waals surface area (Å²) in [6, 6.07) is 7.27. The molecule has 0 spiro atoms. The molecule has 3 rings (SSSR count). The Balaban J connectivity index is 1.47. The number of aromatic nitrogens is 4. The first kappa shape index (κ1) is 17.3. The molecule has 0 N–H and O–H groups in total. The number of nitrogens with zero attached hydrogens (tertiary/aromatic N) is 4. The fourth-order valence-electron chi connectivity index (χ4n) is 1.96. The SMILES string of the molecule is CCCc1nnc(CSc2nnc(COc3ccc(OC)cc3)o2)o1. The quantitative estimate of drug-likeness (QED) is 0.531. The minimum atomic E-state index is 0.196. The van der Waals surface area contributed by atoms with Crippen molar-refractivity contribution in [2.24, 2.45) is 0 Å². The van der Waals surface area contributed by atoms with Gasteiger partial charge < -0.3 is 18.3 Å². The second kappa shape index (κ2) is 8.52. The maximum Gasteiger partial charge on any atom is 0.277 e. The van der Waals surface area contributed by atoms with E-state index >= 15 is 0 Å². The number of hydrogen-bond donors (Lipinski definition) is 0. The molecule has 0 saturated heterocycles. The molecule has 25 heavy (non-hydrogen) atoms. The molecule has 0 radical (unpaired) electrons. The third-order valence-electron chi connectivity index (χ3n) is 3.16. The van der Waals surface area contributed by atoms with E-state index in [1.54, 1.807) is 7.11 Å². The van der Waals surface area contributed by atoms with Crippen molar-refractivity contribution in [3.63, 3.8) is 0 Å². The Labute approximate surface area is 148 Å². The van der Waals surface area contributed by atoms with Crippen LogP contribution in [-0.4, -0.2) is 27.5 Å². The lowest BCUT2D eigenvalue weighted by Crippen LogP contribution is -1.95. The molecule has 0 fully saturated rings. The summed E-state index contributed by atoms with van der Waals surface area (Å²) in [6.45, 7) is 2.26. The molecule has 0 aliphatic carbocycles. The predicted molar refractivity (Wildman–Crippen MR) is 89.5 cm³/mol. The van der Waals surface area contributed by atoms with Crippen LogP contribution in [0, 0.1) is 0 Å². The van der Waals surface area contributed by atoms with Crippen LogP contribution in [0.4, 0.5) is 0 Å². The second-order valence-electron chi connectivity index (χ2n) is 5.05. The lowest BCUT2D eigenvalue weighted by Gasteiger charge is -2.04. The van der Waals surface area contributed by atoms with Gasteiger partial charge >= 0.3 is 0 Å². The van der Waals surface area contributed by atoms with Gasteiger partial charge in [0.2, 0.25) is 11.8 Å². The van der Waals surface area contributed by atoms with Crippen molar-refractivity contribution in [1.82, 2.24) is 20.4 Å². The molecule has 2 aromatic heterocycles. The van der Waals surface area contributed by atoms with Crippen LogP contribution in [0.3, 0.4) is 0 Å². The second-order valence-corrected chi connectivity index (χ2v) is 5.98. The molecule has 9 heteroatoms. The van der Waals surface area contributed by atoms with Crippen LogP contribution in [-0.2, 0) is 18.8 Å². The topological polar surface area (TPSA) is 96.3 Å². The summed E-state index contributed by atoms with van der Waals surface area (Å²) in [5.74, 6) is 3.54. The molecule has 1 aromatic carbocycles. The standard InChI is InChI=1S/C16H18N4O4S/c1-3-4-13-17-19-15(23-13)10-25-16-20-18-14(24-16)9-22-12-7-5-11(21-2)6-8-12/h5-8H,3-4,9-10H2,1-2H3. The smallest absolute Gasteiger partial charge is 0.277 e.